The van der Waals surface area contributed by atoms with E-state index >= 15 is 0 Å². The number of unbranched alkanes of at least 4 members (excludes halogenated alkanes) is 5. The van der Waals surface area contributed by atoms with E-state index in [1.807, 2.05) is 31.2 Å². The number of rotatable bonds is 22. The van der Waals surface area contributed by atoms with Crippen molar-refractivity contribution in [1.29, 1.82) is 0 Å². The van der Waals surface area contributed by atoms with E-state index in [1.165, 1.54) is 17.3 Å². The number of anilines is 2. The minimum Gasteiger partial charge on any atom is -0.481 e. The smallest absolute Gasteiger partial charge is 0.330 e. The molecule has 0 spiro atoms. The Morgan fingerprint density at radius 3 is 2.49 bits per heavy atom. The van der Waals surface area contributed by atoms with Gasteiger partial charge in [0.2, 0.25) is 0 Å². The van der Waals surface area contributed by atoms with Crippen LogP contribution in [0.15, 0.2) is 67.9 Å². The van der Waals surface area contributed by atoms with Crippen molar-refractivity contribution >= 4 is 66.2 Å². The second-order valence-corrected chi connectivity index (χ2v) is 18.9. The highest BCUT2D eigenvalue weighted by atomic mass is 79.9. The second-order valence-electron chi connectivity index (χ2n) is 17.2. The molecule has 1 aromatic heterocycles. The highest BCUT2D eigenvalue weighted by Crippen LogP contribution is 2.39. The average molecular weight is 1010 g/mol. The molecule has 63 heavy (non-hydrogen) atoms. The number of carbonyl (C=O) groups is 2. The lowest BCUT2D eigenvalue weighted by molar-refractivity contribution is -0.165. The van der Waals surface area contributed by atoms with Crippen LogP contribution in [0.1, 0.15) is 103 Å². The first-order valence-electron chi connectivity index (χ1n) is 22.4. The van der Waals surface area contributed by atoms with Crippen molar-refractivity contribution < 1.29 is 44.2 Å². The fourth-order valence-corrected chi connectivity index (χ4v) is 9.63. The fraction of sp³-hybridized carbons (Fsp3) is 0.596. The summed E-state index contributed by atoms with van der Waals surface area (Å²) in [6.45, 7) is 8.72. The van der Waals surface area contributed by atoms with Crippen molar-refractivity contribution in [3.63, 3.8) is 0 Å². The molecule has 2 saturated heterocycles. The number of fused-ring (bicyclic) bond motifs is 2. The van der Waals surface area contributed by atoms with Crippen molar-refractivity contribution in [3.05, 3.63) is 78.8 Å². The number of benzene rings is 2. The predicted molar refractivity (Wildman–Crippen MR) is 252 cm³/mol. The molecule has 14 nitrogen and oxygen atoms in total. The first-order valence-corrected chi connectivity index (χ1v) is 24.0. The number of para-hydroxylation sites is 1. The van der Waals surface area contributed by atoms with Gasteiger partial charge in [0.05, 0.1) is 54.9 Å². The second kappa shape index (κ2) is 25.4. The van der Waals surface area contributed by atoms with Crippen LogP contribution in [0, 0.1) is 11.8 Å². The number of aliphatic hydroxyl groups excluding tert-OH is 3. The lowest BCUT2D eigenvalue weighted by atomic mass is 9.85. The zero-order chi connectivity index (χ0) is 45.5. The Labute approximate surface area is 387 Å². The topological polar surface area (TPSA) is 215 Å². The SMILES string of the molecule is C/C(=C\C(=O)OCCCCCCCCC(=O)O)C[C@@H]1OC[C@H](C[C@H]2O[C@H]2[C@@H](C)[C@H](C)O)[C@@H](O)[C@H]1O.O=c1cc(NCCCNC2CCNc3c(Br)cc(Br)cc32)[nH]c2ccccc12. The fourth-order valence-electron chi connectivity index (χ4n) is 8.23. The van der Waals surface area contributed by atoms with E-state index in [0.717, 1.165) is 90.2 Å². The summed E-state index contributed by atoms with van der Waals surface area (Å²) in [4.78, 5) is 38.0. The summed E-state index contributed by atoms with van der Waals surface area (Å²) in [6, 6.07) is 13.8. The maximum atomic E-state index is 12.2. The van der Waals surface area contributed by atoms with Crippen molar-refractivity contribution in [3.8, 4) is 0 Å². The van der Waals surface area contributed by atoms with Crippen molar-refractivity contribution in [2.75, 3.05) is 43.5 Å². The van der Waals surface area contributed by atoms with Gasteiger partial charge in [-0.25, -0.2) is 4.79 Å². The molecule has 6 rings (SSSR count). The quantitative estimate of drug-likeness (QED) is 0.0211. The van der Waals surface area contributed by atoms with Crippen molar-refractivity contribution in [2.24, 2.45) is 11.8 Å². The number of aliphatic carboxylic acids is 1. The van der Waals surface area contributed by atoms with Crippen LogP contribution in [0.3, 0.4) is 0 Å². The third-order valence-electron chi connectivity index (χ3n) is 12.1. The molecule has 0 aliphatic carbocycles. The summed E-state index contributed by atoms with van der Waals surface area (Å²) in [6.07, 6.45) is 6.63. The average Bonchev–Trinajstić information content (AvgIpc) is 4.01. The van der Waals surface area contributed by atoms with Gasteiger partial charge in [-0.05, 0) is 105 Å². The summed E-state index contributed by atoms with van der Waals surface area (Å²) >= 11 is 7.23. The molecule has 0 amide bonds. The van der Waals surface area contributed by atoms with E-state index in [-0.39, 0.29) is 35.9 Å². The van der Waals surface area contributed by atoms with Gasteiger partial charge in [0, 0.05) is 63.9 Å². The number of nitrogens with one attached hydrogen (secondary N) is 4. The predicted octanol–water partition coefficient (Wildman–Crippen LogP) is 7.59. The zero-order valence-electron chi connectivity index (χ0n) is 36.6. The number of hydrogen-bond acceptors (Lipinski definition) is 12. The van der Waals surface area contributed by atoms with Crippen LogP contribution >= 0.6 is 31.9 Å². The summed E-state index contributed by atoms with van der Waals surface area (Å²) in [7, 11) is 0. The normalized spacial score (nSPS) is 24.0. The molecule has 0 saturated carbocycles. The molecule has 3 aliphatic rings. The van der Waals surface area contributed by atoms with E-state index in [2.05, 4.69) is 64.9 Å². The number of carboxylic acid groups (broad SMARTS) is 1. The molecule has 4 heterocycles. The number of pyridine rings is 1. The number of hydrogen-bond donors (Lipinski definition) is 8. The van der Waals surface area contributed by atoms with Crippen LogP contribution in [0.5, 0.6) is 0 Å². The standard InChI is InChI=1S/C26H44O9.C21H22Br2N4O/c1-16(13-23(30)33-11-9-7-5-4-6-8-10-22(28)29)12-20-25(32)24(31)19(15-34-20)14-21-26(35-21)17(2)18(3)27;22-13-10-15-17(6-9-26-21(15)16(23)11-13)24-7-3-8-25-20-12-19(28)14-4-1-2-5-18(14)27-20/h13,17-21,24-27,31-32H,4-12,14-15H2,1-3H3,(H,28,29);1-2,4-5,10-12,17,24,26H,3,6-9H2,(H2,25,27,28)/b16-13+;/t17-,18-,19-,20-,21+,24+,25-,26-;/m0./s1. The van der Waals surface area contributed by atoms with Crippen LogP contribution in [-0.2, 0) is 23.8 Å². The molecule has 16 heteroatoms. The summed E-state index contributed by atoms with van der Waals surface area (Å²) in [5.41, 5.74) is 4.08. The molecule has 0 bridgehead atoms. The molecule has 348 valence electrons. The number of ether oxygens (including phenoxy) is 3. The first-order chi connectivity index (χ1) is 30.2. The first kappa shape index (κ1) is 50.6. The zero-order valence-corrected chi connectivity index (χ0v) is 39.8. The van der Waals surface area contributed by atoms with Crippen LogP contribution in [0.2, 0.25) is 0 Å². The Bertz CT molecular complexity index is 2030. The van der Waals surface area contributed by atoms with Gasteiger partial charge in [0.15, 0.2) is 5.43 Å². The Hall–Kier alpha value is -3.35. The van der Waals surface area contributed by atoms with Crippen molar-refractivity contribution in [2.45, 2.75) is 134 Å². The van der Waals surface area contributed by atoms with E-state index in [0.29, 0.717) is 44.1 Å². The number of epoxide rings is 1. The van der Waals surface area contributed by atoms with Gasteiger partial charge < -0.3 is 55.6 Å². The molecular formula is C47H66Br2N4O10. The molecule has 9 atom stereocenters. The Morgan fingerprint density at radius 1 is 0.984 bits per heavy atom. The van der Waals surface area contributed by atoms with Gasteiger partial charge in [-0.1, -0.05) is 66.2 Å². The molecule has 2 fully saturated rings. The lowest BCUT2D eigenvalue weighted by Crippen LogP contribution is -2.50. The number of halogens is 2. The molecule has 2 aromatic carbocycles. The third-order valence-corrected chi connectivity index (χ3v) is 13.2. The number of aliphatic hydroxyl groups is 3. The van der Waals surface area contributed by atoms with E-state index in [1.54, 1.807) is 19.9 Å². The van der Waals surface area contributed by atoms with E-state index < -0.39 is 36.4 Å². The highest BCUT2D eigenvalue weighted by Gasteiger charge is 2.48. The van der Waals surface area contributed by atoms with Gasteiger partial charge in [0.1, 0.15) is 11.9 Å². The van der Waals surface area contributed by atoms with Crippen molar-refractivity contribution in [1.82, 2.24) is 10.3 Å². The maximum absolute atomic E-state index is 12.2. The van der Waals surface area contributed by atoms with Crippen LogP contribution < -0.4 is 21.4 Å². The number of aromatic nitrogens is 1. The molecule has 0 radical (unpaired) electrons. The summed E-state index contributed by atoms with van der Waals surface area (Å²) in [5.74, 6) is -0.655. The number of aromatic amines is 1. The van der Waals surface area contributed by atoms with Gasteiger partial charge in [-0.2, -0.15) is 0 Å². The maximum Gasteiger partial charge on any atom is 0.330 e. The van der Waals surface area contributed by atoms with Crippen LogP contribution in [-0.4, -0.2) is 107 Å². The van der Waals surface area contributed by atoms with E-state index in [9.17, 15) is 29.7 Å². The van der Waals surface area contributed by atoms with Gasteiger partial charge in [-0.15, -0.1) is 0 Å². The molecule has 3 aliphatic heterocycles. The molecule has 3 aromatic rings. The third kappa shape index (κ3) is 15.9. The van der Waals surface area contributed by atoms with Gasteiger partial charge in [-0.3, -0.25) is 9.59 Å². The van der Waals surface area contributed by atoms with Crippen LogP contribution in [0.4, 0.5) is 11.5 Å². The number of carboxylic acids is 1. The largest absolute Gasteiger partial charge is 0.481 e. The summed E-state index contributed by atoms with van der Waals surface area (Å²) < 4.78 is 18.9. The highest BCUT2D eigenvalue weighted by molar-refractivity contribution is 9.11. The molecular weight excluding hydrogens is 940 g/mol. The Balaban J connectivity index is 0.000000242. The Morgan fingerprint density at radius 2 is 1.73 bits per heavy atom. The number of H-pyrrole nitrogens is 1. The molecule has 1 unspecified atom stereocenters. The summed E-state index contributed by atoms with van der Waals surface area (Å²) in [5, 5.41) is 50.7. The molecule has 8 N–H and O–H groups in total. The minimum atomic E-state index is -1.06. The van der Waals surface area contributed by atoms with Gasteiger partial charge in [0.25, 0.3) is 0 Å². The number of carbonyl (C=O) groups excluding carboxylic acids is 1. The van der Waals surface area contributed by atoms with Gasteiger partial charge >= 0.3 is 11.9 Å². The van der Waals surface area contributed by atoms with E-state index in [4.69, 9.17) is 19.3 Å². The number of esters is 1. The Kier molecular flexibility index (Phi) is 20.4. The monoisotopic (exact) mass is 1000 g/mol. The minimum absolute atomic E-state index is 0.0160. The van der Waals surface area contributed by atoms with Crippen LogP contribution in [0.25, 0.3) is 10.9 Å². The lowest BCUT2D eigenvalue weighted by Gasteiger charge is -2.38.